The van der Waals surface area contributed by atoms with Crippen molar-refractivity contribution in [2.75, 3.05) is 13.7 Å². The summed E-state index contributed by atoms with van der Waals surface area (Å²) in [7, 11) is 1.66. The highest BCUT2D eigenvalue weighted by molar-refractivity contribution is 9.11. The highest BCUT2D eigenvalue weighted by atomic mass is 79.9. The van der Waals surface area contributed by atoms with Gasteiger partial charge in [-0.3, -0.25) is 0 Å². The number of hydrogen-bond donors (Lipinski definition) is 1. The highest BCUT2D eigenvalue weighted by Gasteiger charge is 2.21. The average Bonchev–Trinajstić information content (AvgIpc) is 2.80. The van der Waals surface area contributed by atoms with Crippen LogP contribution in [0.4, 0.5) is 0 Å². The van der Waals surface area contributed by atoms with E-state index in [1.165, 1.54) is 0 Å². The first-order chi connectivity index (χ1) is 10.1. The quantitative estimate of drug-likeness (QED) is 0.640. The monoisotopic (exact) mass is 407 g/mol. The van der Waals surface area contributed by atoms with E-state index in [-0.39, 0.29) is 6.04 Å². The molecule has 1 unspecified atom stereocenters. The molecule has 1 atom stereocenters. The molecule has 1 heterocycles. The van der Waals surface area contributed by atoms with E-state index < -0.39 is 0 Å². The molecule has 1 N–H and O–H groups in total. The number of halogens is 3. The summed E-state index contributed by atoms with van der Waals surface area (Å²) in [6.45, 7) is 3.05. The van der Waals surface area contributed by atoms with Crippen LogP contribution >= 0.6 is 50.5 Å². The van der Waals surface area contributed by atoms with E-state index in [9.17, 15) is 0 Å². The van der Waals surface area contributed by atoms with Gasteiger partial charge in [-0.1, -0.05) is 36.2 Å². The zero-order valence-electron chi connectivity index (χ0n) is 11.8. The van der Waals surface area contributed by atoms with Crippen LogP contribution in [0.15, 0.2) is 28.1 Å². The lowest BCUT2D eigenvalue weighted by Gasteiger charge is -2.20. The van der Waals surface area contributed by atoms with Gasteiger partial charge >= 0.3 is 0 Å². The third kappa shape index (κ3) is 4.14. The van der Waals surface area contributed by atoms with Gasteiger partial charge in [-0.15, -0.1) is 11.3 Å². The molecule has 0 aliphatic rings. The Kier molecular flexibility index (Phi) is 6.38. The zero-order chi connectivity index (χ0) is 15.4. The maximum Gasteiger partial charge on any atom is 0.125 e. The Balaban J connectivity index is 2.44. The maximum absolute atomic E-state index is 6.18. The number of ether oxygens (including phenoxy) is 1. The van der Waals surface area contributed by atoms with Gasteiger partial charge in [-0.05, 0) is 47.1 Å². The molecule has 0 saturated heterocycles. The average molecular weight is 409 g/mol. The lowest BCUT2D eigenvalue weighted by atomic mass is 10.0. The van der Waals surface area contributed by atoms with Crippen LogP contribution in [0.2, 0.25) is 10.0 Å². The molecular formula is C15H16BrCl2NOS. The molecule has 0 bridgehead atoms. The molecule has 0 radical (unpaired) electrons. The van der Waals surface area contributed by atoms with E-state index in [1.807, 2.05) is 24.3 Å². The molecule has 1 aromatic carbocycles. The largest absolute Gasteiger partial charge is 0.496 e. The summed E-state index contributed by atoms with van der Waals surface area (Å²) < 4.78 is 6.42. The Morgan fingerprint density at radius 3 is 2.67 bits per heavy atom. The van der Waals surface area contributed by atoms with Gasteiger partial charge in [0, 0.05) is 15.5 Å². The lowest BCUT2D eigenvalue weighted by molar-refractivity contribution is 0.404. The van der Waals surface area contributed by atoms with Crippen molar-refractivity contribution in [2.24, 2.45) is 0 Å². The second-order valence-electron chi connectivity index (χ2n) is 4.54. The predicted molar refractivity (Wildman–Crippen MR) is 95.2 cm³/mol. The van der Waals surface area contributed by atoms with Crippen LogP contribution < -0.4 is 10.1 Å². The Bertz CT molecular complexity index is 598. The van der Waals surface area contributed by atoms with E-state index in [4.69, 9.17) is 27.9 Å². The molecule has 0 fully saturated rings. The summed E-state index contributed by atoms with van der Waals surface area (Å²) in [5, 5.41) is 4.93. The van der Waals surface area contributed by atoms with Crippen molar-refractivity contribution in [1.82, 2.24) is 5.32 Å². The van der Waals surface area contributed by atoms with Crippen molar-refractivity contribution in [3.8, 4) is 5.75 Å². The molecule has 21 heavy (non-hydrogen) atoms. The van der Waals surface area contributed by atoms with Gasteiger partial charge in [0.1, 0.15) is 5.75 Å². The van der Waals surface area contributed by atoms with Gasteiger partial charge in [-0.2, -0.15) is 0 Å². The van der Waals surface area contributed by atoms with Gasteiger partial charge in [0.2, 0.25) is 0 Å². The molecule has 2 rings (SSSR count). The predicted octanol–water partition coefficient (Wildman–Crippen LogP) is 5.92. The molecule has 6 heteroatoms. The molecule has 0 aliphatic heterocycles. The molecule has 0 aliphatic carbocycles. The molecule has 2 nitrogen and oxygen atoms in total. The van der Waals surface area contributed by atoms with Crippen LogP contribution in [0.1, 0.15) is 29.8 Å². The topological polar surface area (TPSA) is 21.3 Å². The molecule has 114 valence electrons. The Morgan fingerprint density at radius 2 is 2.10 bits per heavy atom. The van der Waals surface area contributed by atoms with E-state index in [0.29, 0.717) is 5.02 Å². The van der Waals surface area contributed by atoms with Crippen molar-refractivity contribution in [3.63, 3.8) is 0 Å². The minimum atomic E-state index is 0.0333. The van der Waals surface area contributed by atoms with Gasteiger partial charge in [-0.25, -0.2) is 0 Å². The lowest BCUT2D eigenvalue weighted by Crippen LogP contribution is -2.22. The Hall–Kier alpha value is -0.260. The van der Waals surface area contributed by atoms with Crippen LogP contribution in [-0.4, -0.2) is 13.7 Å². The van der Waals surface area contributed by atoms with E-state index in [2.05, 4.69) is 28.2 Å². The number of methoxy groups -OCH3 is 1. The molecule has 0 saturated carbocycles. The van der Waals surface area contributed by atoms with Gasteiger partial charge in [0.15, 0.2) is 0 Å². The first-order valence-electron chi connectivity index (χ1n) is 6.58. The van der Waals surface area contributed by atoms with E-state index in [0.717, 1.165) is 38.0 Å². The van der Waals surface area contributed by atoms with Crippen molar-refractivity contribution >= 4 is 50.5 Å². The molecule has 0 amide bonds. The Morgan fingerprint density at radius 1 is 1.33 bits per heavy atom. The normalized spacial score (nSPS) is 12.4. The van der Waals surface area contributed by atoms with Crippen LogP contribution in [0.3, 0.4) is 0 Å². The summed E-state index contributed by atoms with van der Waals surface area (Å²) in [5.74, 6) is 0.775. The fourth-order valence-corrected chi connectivity index (χ4v) is 4.09. The molecule has 2 aromatic rings. The summed E-state index contributed by atoms with van der Waals surface area (Å²) in [5.41, 5.74) is 1.06. The molecule has 1 aromatic heterocycles. The second kappa shape index (κ2) is 7.84. The van der Waals surface area contributed by atoms with Crippen molar-refractivity contribution in [2.45, 2.75) is 19.4 Å². The van der Waals surface area contributed by atoms with E-state index in [1.54, 1.807) is 18.4 Å². The Labute approximate surface area is 147 Å². The molecule has 0 spiro atoms. The highest BCUT2D eigenvalue weighted by Crippen LogP contribution is 2.40. The van der Waals surface area contributed by atoms with Crippen molar-refractivity contribution in [1.29, 1.82) is 0 Å². The van der Waals surface area contributed by atoms with Gasteiger partial charge < -0.3 is 10.1 Å². The molecular weight excluding hydrogens is 393 g/mol. The van der Waals surface area contributed by atoms with Crippen LogP contribution in [0.5, 0.6) is 5.75 Å². The van der Waals surface area contributed by atoms with Crippen LogP contribution in [0, 0.1) is 0 Å². The summed E-state index contributed by atoms with van der Waals surface area (Å²) in [6, 6.07) is 7.73. The maximum atomic E-state index is 6.18. The zero-order valence-corrected chi connectivity index (χ0v) is 15.7. The third-order valence-electron chi connectivity index (χ3n) is 3.05. The van der Waals surface area contributed by atoms with E-state index >= 15 is 0 Å². The fraction of sp³-hybridized carbons (Fsp3) is 0.333. The summed E-state index contributed by atoms with van der Waals surface area (Å²) in [6.07, 6.45) is 1.05. The minimum Gasteiger partial charge on any atom is -0.496 e. The summed E-state index contributed by atoms with van der Waals surface area (Å²) in [4.78, 5) is 1.14. The van der Waals surface area contributed by atoms with Crippen molar-refractivity contribution in [3.05, 3.63) is 48.5 Å². The van der Waals surface area contributed by atoms with Crippen molar-refractivity contribution < 1.29 is 4.74 Å². The number of hydrogen-bond acceptors (Lipinski definition) is 3. The minimum absolute atomic E-state index is 0.0333. The van der Waals surface area contributed by atoms with Gasteiger partial charge in [0.05, 0.1) is 22.0 Å². The smallest absolute Gasteiger partial charge is 0.125 e. The first kappa shape index (κ1) is 17.1. The first-order valence-corrected chi connectivity index (χ1v) is 8.95. The standard InChI is InChI=1S/C15H16BrCl2NOS/c1-3-6-19-14(13-8-11(18)15(16)21-13)10-5-4-9(17)7-12(10)20-2/h4-5,7-8,14,19H,3,6H2,1-2H3. The van der Waals surface area contributed by atoms with Crippen LogP contribution in [-0.2, 0) is 0 Å². The summed E-state index contributed by atoms with van der Waals surface area (Å²) >= 11 is 17.3. The SMILES string of the molecule is CCCNC(c1cc(Cl)c(Br)s1)c1ccc(Cl)cc1OC. The number of rotatable bonds is 6. The number of nitrogens with one attached hydrogen (secondary N) is 1. The van der Waals surface area contributed by atoms with Crippen LogP contribution in [0.25, 0.3) is 0 Å². The number of benzene rings is 1. The fourth-order valence-electron chi connectivity index (χ4n) is 2.08. The number of thiophene rings is 1. The third-order valence-corrected chi connectivity index (χ3v) is 5.83. The van der Waals surface area contributed by atoms with Gasteiger partial charge in [0.25, 0.3) is 0 Å². The second-order valence-corrected chi connectivity index (χ2v) is 7.79.